The van der Waals surface area contributed by atoms with Crippen molar-refractivity contribution in [3.05, 3.63) is 12.7 Å². The highest BCUT2D eigenvalue weighted by molar-refractivity contribution is 4.73. The summed E-state index contributed by atoms with van der Waals surface area (Å²) in [5.41, 5.74) is 0. The molecule has 0 aromatic carbocycles. The summed E-state index contributed by atoms with van der Waals surface area (Å²) in [4.78, 5) is 0. The van der Waals surface area contributed by atoms with Crippen molar-refractivity contribution < 1.29 is 0 Å². The van der Waals surface area contributed by atoms with E-state index >= 15 is 0 Å². The van der Waals surface area contributed by atoms with Crippen LogP contribution < -0.4 is 5.32 Å². The van der Waals surface area contributed by atoms with Crippen molar-refractivity contribution in [3.63, 3.8) is 0 Å². The minimum atomic E-state index is 0.629. The third-order valence-corrected chi connectivity index (χ3v) is 2.09. The van der Waals surface area contributed by atoms with Crippen molar-refractivity contribution in [1.29, 1.82) is 0 Å². The van der Waals surface area contributed by atoms with Gasteiger partial charge in [0.25, 0.3) is 0 Å². The van der Waals surface area contributed by atoms with Gasteiger partial charge in [0.15, 0.2) is 0 Å². The van der Waals surface area contributed by atoms with Gasteiger partial charge in [-0.15, -0.1) is 6.58 Å². The number of nitrogens with one attached hydrogen (secondary N) is 1. The molecule has 0 bridgehead atoms. The molecule has 72 valence electrons. The Morgan fingerprint density at radius 2 is 1.83 bits per heavy atom. The van der Waals surface area contributed by atoms with Crippen LogP contribution >= 0.6 is 0 Å². The molecule has 12 heavy (non-hydrogen) atoms. The Morgan fingerprint density at radius 1 is 1.25 bits per heavy atom. The van der Waals surface area contributed by atoms with Crippen LogP contribution in [0.3, 0.4) is 0 Å². The van der Waals surface area contributed by atoms with E-state index in [1.807, 2.05) is 6.08 Å². The maximum absolute atomic E-state index is 3.72. The third-order valence-electron chi connectivity index (χ3n) is 2.09. The number of rotatable bonds is 7. The summed E-state index contributed by atoms with van der Waals surface area (Å²) in [6.45, 7) is 10.5. The smallest absolute Gasteiger partial charge is 0.00441 e. The van der Waals surface area contributed by atoms with Gasteiger partial charge < -0.3 is 5.32 Å². The molecule has 0 spiro atoms. The van der Waals surface area contributed by atoms with Crippen LogP contribution in [0.25, 0.3) is 0 Å². The molecule has 0 amide bonds. The van der Waals surface area contributed by atoms with Gasteiger partial charge in [-0.2, -0.15) is 0 Å². The van der Waals surface area contributed by atoms with Gasteiger partial charge in [-0.1, -0.05) is 19.4 Å². The molecule has 0 aliphatic carbocycles. The molecular weight excluding hydrogens is 146 g/mol. The zero-order valence-corrected chi connectivity index (χ0v) is 8.77. The molecule has 0 aliphatic rings. The predicted octanol–water partition coefficient (Wildman–Crippen LogP) is 3.12. The van der Waals surface area contributed by atoms with Crippen molar-refractivity contribution in [3.8, 4) is 0 Å². The molecule has 0 aromatic heterocycles. The van der Waals surface area contributed by atoms with E-state index < -0.39 is 0 Å². The molecule has 0 heterocycles. The lowest BCUT2D eigenvalue weighted by molar-refractivity contribution is 0.428. The zero-order valence-electron chi connectivity index (χ0n) is 8.77. The van der Waals surface area contributed by atoms with Gasteiger partial charge in [-0.25, -0.2) is 0 Å². The van der Waals surface area contributed by atoms with E-state index in [0.717, 1.165) is 6.42 Å². The Bertz CT molecular complexity index is 110. The number of hydrogen-bond acceptors (Lipinski definition) is 1. The van der Waals surface area contributed by atoms with Gasteiger partial charge in [0.05, 0.1) is 0 Å². The number of hydrogen-bond donors (Lipinski definition) is 1. The topological polar surface area (TPSA) is 12.0 Å². The van der Waals surface area contributed by atoms with Crippen LogP contribution in [0.1, 0.15) is 46.5 Å². The molecule has 0 aliphatic heterocycles. The second-order valence-corrected chi connectivity index (χ2v) is 3.62. The van der Waals surface area contributed by atoms with Crippen molar-refractivity contribution in [2.24, 2.45) is 0 Å². The number of allylic oxidation sites excluding steroid dienone is 1. The summed E-state index contributed by atoms with van der Waals surface area (Å²) in [7, 11) is 0. The van der Waals surface area contributed by atoms with Gasteiger partial charge in [0, 0.05) is 12.1 Å². The van der Waals surface area contributed by atoms with Gasteiger partial charge >= 0.3 is 0 Å². The lowest BCUT2D eigenvalue weighted by Gasteiger charge is -2.18. The van der Waals surface area contributed by atoms with Gasteiger partial charge in [0.1, 0.15) is 0 Å². The first-order valence-corrected chi connectivity index (χ1v) is 5.07. The summed E-state index contributed by atoms with van der Waals surface area (Å²) in [5, 5.41) is 3.57. The highest BCUT2D eigenvalue weighted by Crippen LogP contribution is 2.01. The fourth-order valence-corrected chi connectivity index (χ4v) is 1.45. The van der Waals surface area contributed by atoms with E-state index in [9.17, 15) is 0 Å². The summed E-state index contributed by atoms with van der Waals surface area (Å²) < 4.78 is 0. The van der Waals surface area contributed by atoms with Gasteiger partial charge in [-0.05, 0) is 33.1 Å². The first-order chi connectivity index (χ1) is 5.70. The molecule has 1 N–H and O–H groups in total. The first-order valence-electron chi connectivity index (χ1n) is 5.07. The van der Waals surface area contributed by atoms with Crippen LogP contribution in [0.5, 0.6) is 0 Å². The third kappa shape index (κ3) is 6.41. The zero-order chi connectivity index (χ0) is 9.40. The SMILES string of the molecule is C=CCCC(C)NC(C)CCC. The maximum atomic E-state index is 3.72. The van der Waals surface area contributed by atoms with Crippen molar-refractivity contribution in [2.45, 2.75) is 58.5 Å². The molecule has 0 saturated heterocycles. The van der Waals surface area contributed by atoms with E-state index in [4.69, 9.17) is 0 Å². The second-order valence-electron chi connectivity index (χ2n) is 3.62. The van der Waals surface area contributed by atoms with E-state index in [0.29, 0.717) is 12.1 Å². The molecule has 0 fully saturated rings. The maximum Gasteiger partial charge on any atom is 0.00441 e. The average Bonchev–Trinajstić information content (AvgIpc) is 2.01. The second kappa shape index (κ2) is 7.35. The minimum Gasteiger partial charge on any atom is -0.312 e. The summed E-state index contributed by atoms with van der Waals surface area (Å²) in [6.07, 6.45) is 6.86. The molecule has 0 rings (SSSR count). The molecule has 0 radical (unpaired) electrons. The Labute approximate surface area is 77.2 Å². The summed E-state index contributed by atoms with van der Waals surface area (Å²) in [5.74, 6) is 0. The molecule has 1 nitrogen and oxygen atoms in total. The average molecular weight is 169 g/mol. The van der Waals surface area contributed by atoms with Crippen LogP contribution in [0.2, 0.25) is 0 Å². The first kappa shape index (κ1) is 11.7. The standard InChI is InChI=1S/C11H23N/c1-5-7-9-11(4)12-10(3)8-6-2/h5,10-12H,1,6-9H2,2-4H3. The van der Waals surface area contributed by atoms with E-state index in [2.05, 4.69) is 32.7 Å². The monoisotopic (exact) mass is 169 g/mol. The van der Waals surface area contributed by atoms with Crippen LogP contribution in [0.15, 0.2) is 12.7 Å². The van der Waals surface area contributed by atoms with Crippen molar-refractivity contribution in [2.75, 3.05) is 0 Å². The normalized spacial score (nSPS) is 15.6. The van der Waals surface area contributed by atoms with Crippen LogP contribution in [-0.4, -0.2) is 12.1 Å². The van der Waals surface area contributed by atoms with Crippen LogP contribution in [0.4, 0.5) is 0 Å². The van der Waals surface area contributed by atoms with E-state index in [1.54, 1.807) is 0 Å². The van der Waals surface area contributed by atoms with Crippen molar-refractivity contribution >= 4 is 0 Å². The summed E-state index contributed by atoms with van der Waals surface area (Å²) >= 11 is 0. The Kier molecular flexibility index (Phi) is 7.17. The fourth-order valence-electron chi connectivity index (χ4n) is 1.45. The van der Waals surface area contributed by atoms with E-state index in [1.165, 1.54) is 19.3 Å². The lowest BCUT2D eigenvalue weighted by atomic mass is 10.1. The molecule has 1 heteroatoms. The van der Waals surface area contributed by atoms with Crippen LogP contribution in [0, 0.1) is 0 Å². The molecule has 2 atom stereocenters. The van der Waals surface area contributed by atoms with E-state index in [-0.39, 0.29) is 0 Å². The molecule has 2 unspecified atom stereocenters. The van der Waals surface area contributed by atoms with Gasteiger partial charge in [0.2, 0.25) is 0 Å². The molecule has 0 aromatic rings. The minimum absolute atomic E-state index is 0.629. The molecular formula is C11H23N. The Morgan fingerprint density at radius 3 is 2.33 bits per heavy atom. The Hall–Kier alpha value is -0.300. The van der Waals surface area contributed by atoms with Crippen LogP contribution in [-0.2, 0) is 0 Å². The fraction of sp³-hybridized carbons (Fsp3) is 0.818. The van der Waals surface area contributed by atoms with Gasteiger partial charge in [-0.3, -0.25) is 0 Å². The quantitative estimate of drug-likeness (QED) is 0.577. The lowest BCUT2D eigenvalue weighted by Crippen LogP contribution is -2.34. The molecule has 0 saturated carbocycles. The largest absolute Gasteiger partial charge is 0.312 e. The summed E-state index contributed by atoms with van der Waals surface area (Å²) in [6, 6.07) is 1.29. The highest BCUT2D eigenvalue weighted by Gasteiger charge is 2.04. The predicted molar refractivity (Wildman–Crippen MR) is 56.4 cm³/mol. The highest BCUT2D eigenvalue weighted by atomic mass is 14.9. The van der Waals surface area contributed by atoms with Crippen molar-refractivity contribution in [1.82, 2.24) is 5.32 Å². The Balaban J connectivity index is 3.39.